The average molecular weight is 292 g/mol. The summed E-state index contributed by atoms with van der Waals surface area (Å²) in [6, 6.07) is 4.49. The molecule has 4 nitrogen and oxygen atoms in total. The van der Waals surface area contributed by atoms with E-state index in [0.29, 0.717) is 0 Å². The van der Waals surface area contributed by atoms with Crippen molar-refractivity contribution < 1.29 is 13.2 Å². The first kappa shape index (κ1) is 13.1. The van der Waals surface area contributed by atoms with Crippen molar-refractivity contribution in [1.82, 2.24) is 9.97 Å². The van der Waals surface area contributed by atoms with Gasteiger partial charge in [0.05, 0.1) is 4.21 Å². The second-order valence-electron chi connectivity index (χ2n) is 3.09. The largest absolute Gasteiger partial charge is 0.433 e. The maximum atomic E-state index is 12.6. The molecule has 2 rings (SSSR count). The minimum atomic E-state index is -4.53. The number of nitrogen functional groups attached to an aromatic ring is 1. The topological polar surface area (TPSA) is 63.8 Å². The molecule has 0 aliphatic carbocycles. The molecule has 0 saturated heterocycles. The SMILES string of the molecule is NNc1nc(Sc2cccs2)cc(C(F)(F)F)n1. The molecular weight excluding hydrogens is 285 g/mol. The molecule has 9 heteroatoms. The number of aromatic nitrogens is 2. The van der Waals surface area contributed by atoms with Gasteiger partial charge in [-0.3, -0.25) is 5.43 Å². The van der Waals surface area contributed by atoms with Crippen LogP contribution in [0.25, 0.3) is 0 Å². The maximum Gasteiger partial charge on any atom is 0.433 e. The minimum Gasteiger partial charge on any atom is -0.292 e. The fourth-order valence-electron chi connectivity index (χ4n) is 1.11. The first-order valence-electron chi connectivity index (χ1n) is 4.63. The predicted molar refractivity (Wildman–Crippen MR) is 63.3 cm³/mol. The molecule has 3 N–H and O–H groups in total. The number of hydrazine groups is 1. The Morgan fingerprint density at radius 3 is 2.67 bits per heavy atom. The molecular formula is C9H7F3N4S2. The Bertz CT molecular complexity index is 527. The summed E-state index contributed by atoms with van der Waals surface area (Å²) in [5.41, 5.74) is 1.00. The Hall–Kier alpha value is -1.32. The number of hydrogen-bond donors (Lipinski definition) is 2. The van der Waals surface area contributed by atoms with Gasteiger partial charge >= 0.3 is 6.18 Å². The molecule has 0 unspecified atom stereocenters. The van der Waals surface area contributed by atoms with Gasteiger partial charge in [0.15, 0.2) is 5.69 Å². The highest BCUT2D eigenvalue weighted by molar-refractivity contribution is 8.01. The van der Waals surface area contributed by atoms with Gasteiger partial charge in [-0.1, -0.05) is 17.8 Å². The van der Waals surface area contributed by atoms with Crippen LogP contribution in [0.3, 0.4) is 0 Å². The van der Waals surface area contributed by atoms with Gasteiger partial charge in [-0.25, -0.2) is 15.8 Å². The van der Waals surface area contributed by atoms with Crippen LogP contribution >= 0.6 is 23.1 Å². The van der Waals surface area contributed by atoms with Crippen molar-refractivity contribution in [1.29, 1.82) is 0 Å². The normalized spacial score (nSPS) is 11.6. The number of nitrogens with zero attached hydrogens (tertiary/aromatic N) is 2. The smallest absolute Gasteiger partial charge is 0.292 e. The highest BCUT2D eigenvalue weighted by atomic mass is 32.2. The standard InChI is InChI=1S/C9H7F3N4S2/c10-9(11,12)5-4-6(15-8(14-5)16-13)18-7-2-1-3-17-7/h1-4H,13H2,(H,14,15,16). The third-order valence-corrected chi connectivity index (χ3v) is 3.78. The summed E-state index contributed by atoms with van der Waals surface area (Å²) in [6.07, 6.45) is -4.53. The molecule has 0 atom stereocenters. The van der Waals surface area contributed by atoms with Crippen LogP contribution in [0.15, 0.2) is 32.8 Å². The average Bonchev–Trinajstić information content (AvgIpc) is 2.80. The van der Waals surface area contributed by atoms with Crippen molar-refractivity contribution in [2.45, 2.75) is 15.4 Å². The molecule has 2 aromatic heterocycles. The Labute approximate surface area is 108 Å². The number of halogens is 3. The molecule has 0 aliphatic rings. The molecule has 96 valence electrons. The minimum absolute atomic E-state index is 0.188. The van der Waals surface area contributed by atoms with Crippen LogP contribution in [-0.4, -0.2) is 9.97 Å². The number of anilines is 1. The van der Waals surface area contributed by atoms with E-state index in [-0.39, 0.29) is 11.0 Å². The maximum absolute atomic E-state index is 12.6. The molecule has 0 amide bonds. The molecule has 18 heavy (non-hydrogen) atoms. The van der Waals surface area contributed by atoms with Crippen molar-refractivity contribution in [2.24, 2.45) is 5.84 Å². The molecule has 2 aromatic rings. The summed E-state index contributed by atoms with van der Waals surface area (Å²) < 4.78 is 38.6. The van der Waals surface area contributed by atoms with Crippen LogP contribution < -0.4 is 11.3 Å². The molecule has 2 heterocycles. The molecule has 0 bridgehead atoms. The molecule has 0 spiro atoms. The lowest BCUT2D eigenvalue weighted by molar-refractivity contribution is -0.141. The Balaban J connectivity index is 2.35. The zero-order valence-corrected chi connectivity index (χ0v) is 10.4. The molecule has 0 saturated carbocycles. The van der Waals surface area contributed by atoms with Crippen LogP contribution in [-0.2, 0) is 6.18 Å². The van der Waals surface area contributed by atoms with Crippen LogP contribution in [0, 0.1) is 0 Å². The lowest BCUT2D eigenvalue weighted by Crippen LogP contribution is -2.15. The fraction of sp³-hybridized carbons (Fsp3) is 0.111. The summed E-state index contributed by atoms with van der Waals surface area (Å²) in [5.74, 6) is 4.79. The van der Waals surface area contributed by atoms with Crippen LogP contribution in [0.4, 0.5) is 19.1 Å². The van der Waals surface area contributed by atoms with Gasteiger partial charge in [-0.05, 0) is 11.4 Å². The number of hydrogen-bond acceptors (Lipinski definition) is 6. The quantitative estimate of drug-likeness (QED) is 0.517. The Morgan fingerprint density at radius 1 is 1.33 bits per heavy atom. The van der Waals surface area contributed by atoms with Crippen LogP contribution in [0.5, 0.6) is 0 Å². The second kappa shape index (κ2) is 5.12. The van der Waals surface area contributed by atoms with Crippen molar-refractivity contribution in [3.05, 3.63) is 29.3 Å². The fourth-order valence-corrected chi connectivity index (χ4v) is 2.83. The van der Waals surface area contributed by atoms with Gasteiger partial charge < -0.3 is 0 Å². The lowest BCUT2D eigenvalue weighted by Gasteiger charge is -2.09. The monoisotopic (exact) mass is 292 g/mol. The van der Waals surface area contributed by atoms with E-state index in [9.17, 15) is 13.2 Å². The van der Waals surface area contributed by atoms with Gasteiger partial charge in [-0.15, -0.1) is 11.3 Å². The Morgan fingerprint density at radius 2 is 2.11 bits per heavy atom. The van der Waals surface area contributed by atoms with Gasteiger partial charge in [-0.2, -0.15) is 13.2 Å². The summed E-state index contributed by atoms with van der Waals surface area (Å²) in [5, 5.41) is 2.02. The van der Waals surface area contributed by atoms with E-state index in [1.165, 1.54) is 11.3 Å². The second-order valence-corrected chi connectivity index (χ2v) is 5.36. The first-order valence-corrected chi connectivity index (χ1v) is 6.33. The van der Waals surface area contributed by atoms with E-state index in [0.717, 1.165) is 22.0 Å². The van der Waals surface area contributed by atoms with E-state index in [2.05, 4.69) is 9.97 Å². The number of alkyl halides is 3. The number of rotatable bonds is 3. The van der Waals surface area contributed by atoms with E-state index in [1.807, 2.05) is 10.8 Å². The van der Waals surface area contributed by atoms with E-state index in [1.54, 1.807) is 12.1 Å². The van der Waals surface area contributed by atoms with Gasteiger partial charge in [0.2, 0.25) is 5.95 Å². The van der Waals surface area contributed by atoms with Gasteiger partial charge in [0.1, 0.15) is 5.03 Å². The molecule has 0 fully saturated rings. The Kier molecular flexibility index (Phi) is 3.73. The van der Waals surface area contributed by atoms with Crippen molar-refractivity contribution in [2.75, 3.05) is 5.43 Å². The van der Waals surface area contributed by atoms with Gasteiger partial charge in [0, 0.05) is 6.07 Å². The zero-order chi connectivity index (χ0) is 13.2. The lowest BCUT2D eigenvalue weighted by atomic mass is 10.4. The third-order valence-electron chi connectivity index (χ3n) is 1.82. The number of nitrogens with two attached hydrogens (primary N) is 1. The van der Waals surface area contributed by atoms with Gasteiger partial charge in [0.25, 0.3) is 0 Å². The van der Waals surface area contributed by atoms with Crippen LogP contribution in [0.1, 0.15) is 5.69 Å². The molecule has 0 aromatic carbocycles. The molecule has 0 radical (unpaired) electrons. The van der Waals surface area contributed by atoms with E-state index < -0.39 is 11.9 Å². The zero-order valence-electron chi connectivity index (χ0n) is 8.73. The highest BCUT2D eigenvalue weighted by Crippen LogP contribution is 2.34. The first-order chi connectivity index (χ1) is 8.49. The van der Waals surface area contributed by atoms with Crippen molar-refractivity contribution in [3.63, 3.8) is 0 Å². The number of nitrogens with one attached hydrogen (secondary N) is 1. The predicted octanol–water partition coefficient (Wildman–Crippen LogP) is 2.99. The summed E-state index contributed by atoms with van der Waals surface area (Å²) >= 11 is 2.54. The number of thiophene rings is 1. The van der Waals surface area contributed by atoms with Crippen molar-refractivity contribution >= 4 is 29.0 Å². The molecule has 0 aliphatic heterocycles. The van der Waals surface area contributed by atoms with E-state index in [4.69, 9.17) is 5.84 Å². The summed E-state index contributed by atoms with van der Waals surface area (Å²) in [6.45, 7) is 0. The summed E-state index contributed by atoms with van der Waals surface area (Å²) in [4.78, 5) is 7.13. The van der Waals surface area contributed by atoms with E-state index >= 15 is 0 Å². The third kappa shape index (κ3) is 3.12. The van der Waals surface area contributed by atoms with Crippen LogP contribution in [0.2, 0.25) is 0 Å². The highest BCUT2D eigenvalue weighted by Gasteiger charge is 2.33. The summed E-state index contributed by atoms with van der Waals surface area (Å²) in [7, 11) is 0. The van der Waals surface area contributed by atoms with Crippen molar-refractivity contribution in [3.8, 4) is 0 Å².